The summed E-state index contributed by atoms with van der Waals surface area (Å²) in [5.41, 5.74) is 5.25. The molecule has 126 valence electrons. The lowest BCUT2D eigenvalue weighted by molar-refractivity contribution is 0.159. The van der Waals surface area contributed by atoms with Crippen LogP contribution in [0.2, 0.25) is 0 Å². The van der Waals surface area contributed by atoms with Crippen molar-refractivity contribution in [3.05, 3.63) is 47.5 Å². The van der Waals surface area contributed by atoms with Crippen LogP contribution in [0.25, 0.3) is 28.2 Å². The monoisotopic (exact) mass is 333 g/mol. The molecule has 3 heterocycles. The average molecular weight is 333 g/mol. The highest BCUT2D eigenvalue weighted by molar-refractivity contribution is 5.96. The molecule has 2 aliphatic rings. The molecular formula is C21H19NO3. The molecular weight excluding hydrogens is 314 g/mol. The van der Waals surface area contributed by atoms with Gasteiger partial charge in [0.15, 0.2) is 0 Å². The summed E-state index contributed by atoms with van der Waals surface area (Å²) in [4.78, 5) is 0. The van der Waals surface area contributed by atoms with Crippen LogP contribution in [0.4, 0.5) is 0 Å². The first-order chi connectivity index (χ1) is 11.9. The zero-order valence-electron chi connectivity index (χ0n) is 14.5. The van der Waals surface area contributed by atoms with Gasteiger partial charge in [-0.15, -0.1) is 0 Å². The van der Waals surface area contributed by atoms with Gasteiger partial charge in [-0.25, -0.2) is 0 Å². The van der Waals surface area contributed by atoms with Gasteiger partial charge in [0.2, 0.25) is 0 Å². The van der Waals surface area contributed by atoms with Gasteiger partial charge in [-0.05, 0) is 38.1 Å². The molecule has 0 atom stereocenters. The minimum Gasteiger partial charge on any atom is -0.508 e. The van der Waals surface area contributed by atoms with Crippen molar-refractivity contribution in [2.75, 3.05) is 0 Å². The zero-order chi connectivity index (χ0) is 17.3. The molecule has 4 heteroatoms. The third-order valence-electron chi connectivity index (χ3n) is 5.07. The molecule has 5 rings (SSSR count). The number of phenols is 1. The predicted molar refractivity (Wildman–Crippen MR) is 98.1 cm³/mol. The summed E-state index contributed by atoms with van der Waals surface area (Å²) >= 11 is 0. The van der Waals surface area contributed by atoms with Crippen LogP contribution in [0, 0.1) is 0 Å². The Morgan fingerprint density at radius 2 is 1.96 bits per heavy atom. The Labute approximate surface area is 145 Å². The molecule has 2 aromatic carbocycles. The van der Waals surface area contributed by atoms with E-state index in [0.717, 1.165) is 33.8 Å². The summed E-state index contributed by atoms with van der Waals surface area (Å²) in [6, 6.07) is 9.60. The topological polar surface area (TPSA) is 43.6 Å². The number of hydrogen-bond donors (Lipinski definition) is 1. The van der Waals surface area contributed by atoms with E-state index in [2.05, 4.69) is 49.7 Å². The van der Waals surface area contributed by atoms with Crippen LogP contribution in [0.5, 0.6) is 17.2 Å². The fourth-order valence-corrected chi connectivity index (χ4v) is 3.85. The van der Waals surface area contributed by atoms with Crippen molar-refractivity contribution < 1.29 is 14.6 Å². The molecule has 0 radical (unpaired) electrons. The molecule has 0 saturated heterocycles. The van der Waals surface area contributed by atoms with Crippen molar-refractivity contribution >= 4 is 17.0 Å². The van der Waals surface area contributed by atoms with E-state index in [9.17, 15) is 5.11 Å². The Bertz CT molecular complexity index is 1070. The number of phenolic OH excluding ortho intramolecular Hbond substituents is 1. The number of rotatable bonds is 0. The Morgan fingerprint density at radius 1 is 1.12 bits per heavy atom. The van der Waals surface area contributed by atoms with Gasteiger partial charge in [-0.3, -0.25) is 0 Å². The van der Waals surface area contributed by atoms with Gasteiger partial charge in [0, 0.05) is 41.3 Å². The van der Waals surface area contributed by atoms with E-state index in [4.69, 9.17) is 9.47 Å². The van der Waals surface area contributed by atoms with E-state index in [0.29, 0.717) is 6.61 Å². The molecule has 2 aliphatic heterocycles. The highest BCUT2D eigenvalue weighted by Crippen LogP contribution is 2.45. The van der Waals surface area contributed by atoms with Gasteiger partial charge < -0.3 is 19.1 Å². The molecule has 1 N–H and O–H groups in total. The maximum absolute atomic E-state index is 9.73. The zero-order valence-corrected chi connectivity index (χ0v) is 14.5. The van der Waals surface area contributed by atoms with Crippen molar-refractivity contribution in [1.82, 2.24) is 4.57 Å². The molecule has 0 saturated carbocycles. The second-order valence-corrected chi connectivity index (χ2v) is 7.30. The van der Waals surface area contributed by atoms with E-state index < -0.39 is 0 Å². The molecule has 3 aromatic rings. The Hall–Kier alpha value is -2.88. The van der Waals surface area contributed by atoms with Gasteiger partial charge in [0.05, 0.1) is 11.2 Å². The van der Waals surface area contributed by atoms with Crippen molar-refractivity contribution in [2.45, 2.75) is 26.1 Å². The van der Waals surface area contributed by atoms with E-state index in [-0.39, 0.29) is 11.4 Å². The van der Waals surface area contributed by atoms with E-state index in [1.54, 1.807) is 12.1 Å². The molecule has 1 aromatic heterocycles. The molecule has 0 aliphatic carbocycles. The first-order valence-electron chi connectivity index (χ1n) is 8.43. The lowest BCUT2D eigenvalue weighted by Gasteiger charge is -2.28. The minimum absolute atomic E-state index is 0.220. The van der Waals surface area contributed by atoms with Crippen LogP contribution < -0.4 is 9.47 Å². The Morgan fingerprint density at radius 3 is 2.80 bits per heavy atom. The van der Waals surface area contributed by atoms with E-state index in [1.807, 2.05) is 6.07 Å². The highest BCUT2D eigenvalue weighted by atomic mass is 16.5. The first-order valence-corrected chi connectivity index (χ1v) is 8.43. The van der Waals surface area contributed by atoms with Crippen LogP contribution in [0.3, 0.4) is 0 Å². The lowest BCUT2D eigenvalue weighted by Crippen LogP contribution is -2.27. The molecule has 0 unspecified atom stereocenters. The number of aryl methyl sites for hydroxylation is 1. The number of benzene rings is 2. The number of ether oxygens (including phenoxy) is 2. The first kappa shape index (κ1) is 14.5. The van der Waals surface area contributed by atoms with E-state index >= 15 is 0 Å². The highest BCUT2D eigenvalue weighted by Gasteiger charge is 2.27. The van der Waals surface area contributed by atoms with Crippen LogP contribution in [-0.4, -0.2) is 15.3 Å². The summed E-state index contributed by atoms with van der Waals surface area (Å²) < 4.78 is 14.2. The van der Waals surface area contributed by atoms with Gasteiger partial charge in [0.25, 0.3) is 0 Å². The predicted octanol–water partition coefficient (Wildman–Crippen LogP) is 4.63. The summed E-state index contributed by atoms with van der Waals surface area (Å²) in [7, 11) is 2.07. The molecule has 0 bridgehead atoms. The SMILES string of the molecule is Cn1c2c(c3cc4c(cc31)OC(C)(C)C=C4)COc1cc(O)ccc1-2. The molecule has 25 heavy (non-hydrogen) atoms. The lowest BCUT2D eigenvalue weighted by atomic mass is 9.98. The van der Waals surface area contributed by atoms with Crippen LogP contribution in [-0.2, 0) is 13.7 Å². The van der Waals surface area contributed by atoms with Gasteiger partial charge >= 0.3 is 0 Å². The standard InChI is InChI=1S/C21H19NO3/c1-21(2)7-6-12-8-15-16-11-24-19-9-13(23)4-5-14(19)20(16)22(3)17(15)10-18(12)25-21/h4-10,23H,11H2,1-3H3. The summed E-state index contributed by atoms with van der Waals surface area (Å²) in [5.74, 6) is 1.85. The second kappa shape index (κ2) is 4.60. The minimum atomic E-state index is -0.293. The van der Waals surface area contributed by atoms with Crippen molar-refractivity contribution in [1.29, 1.82) is 0 Å². The maximum atomic E-state index is 9.73. The third-order valence-corrected chi connectivity index (χ3v) is 5.07. The number of nitrogens with zero attached hydrogens (tertiary/aromatic N) is 1. The van der Waals surface area contributed by atoms with Crippen molar-refractivity contribution in [2.24, 2.45) is 7.05 Å². The van der Waals surface area contributed by atoms with Gasteiger partial charge in [-0.1, -0.05) is 6.08 Å². The molecule has 4 nitrogen and oxygen atoms in total. The maximum Gasteiger partial charge on any atom is 0.132 e. The Kier molecular flexibility index (Phi) is 2.66. The summed E-state index contributed by atoms with van der Waals surface area (Å²) in [5, 5.41) is 10.9. The van der Waals surface area contributed by atoms with Crippen LogP contribution >= 0.6 is 0 Å². The van der Waals surface area contributed by atoms with Gasteiger partial charge in [-0.2, -0.15) is 0 Å². The normalized spacial score (nSPS) is 16.6. The van der Waals surface area contributed by atoms with Crippen molar-refractivity contribution in [3.8, 4) is 28.5 Å². The van der Waals surface area contributed by atoms with Gasteiger partial charge in [0.1, 0.15) is 29.5 Å². The smallest absolute Gasteiger partial charge is 0.132 e. The van der Waals surface area contributed by atoms with E-state index in [1.165, 1.54) is 10.9 Å². The number of hydrogen-bond acceptors (Lipinski definition) is 3. The molecule has 0 spiro atoms. The fraction of sp³-hybridized carbons (Fsp3) is 0.238. The third kappa shape index (κ3) is 2.00. The average Bonchev–Trinajstić information content (AvgIpc) is 2.84. The van der Waals surface area contributed by atoms with Crippen LogP contribution in [0.1, 0.15) is 25.0 Å². The second-order valence-electron chi connectivity index (χ2n) is 7.30. The quantitative estimate of drug-likeness (QED) is 0.652. The number of fused-ring (bicyclic) bond motifs is 6. The number of aromatic hydroxyl groups is 1. The summed E-state index contributed by atoms with van der Waals surface area (Å²) in [6.45, 7) is 4.62. The van der Waals surface area contributed by atoms with Crippen molar-refractivity contribution in [3.63, 3.8) is 0 Å². The fourth-order valence-electron chi connectivity index (χ4n) is 3.85. The molecule has 0 amide bonds. The number of aromatic nitrogens is 1. The Balaban J connectivity index is 1.79. The summed E-state index contributed by atoms with van der Waals surface area (Å²) in [6.07, 6.45) is 4.22. The largest absolute Gasteiger partial charge is 0.508 e. The molecule has 0 fully saturated rings. The van der Waals surface area contributed by atoms with Crippen LogP contribution in [0.15, 0.2) is 36.4 Å².